The van der Waals surface area contributed by atoms with Crippen LogP contribution in [0.15, 0.2) is 30.3 Å². The van der Waals surface area contributed by atoms with E-state index in [0.717, 1.165) is 6.07 Å². The molecule has 2 nitrogen and oxygen atoms in total. The van der Waals surface area contributed by atoms with Gasteiger partial charge in [0.05, 0.1) is 23.8 Å². The van der Waals surface area contributed by atoms with Crippen molar-refractivity contribution in [3.8, 4) is 17.2 Å². The standard InChI is InChI=1S/C15H5F5N2/c1-22-14-6-13(17)12(16)5-11(14)10-3-2-9(15(18,19)20)4-8(10)7-21/h2-6H. The third-order valence-corrected chi connectivity index (χ3v) is 2.92. The Kier molecular flexibility index (Phi) is 3.83. The van der Waals surface area contributed by atoms with E-state index in [1.807, 2.05) is 0 Å². The Morgan fingerprint density at radius 1 is 1.00 bits per heavy atom. The van der Waals surface area contributed by atoms with Crippen molar-refractivity contribution in [2.45, 2.75) is 6.18 Å². The van der Waals surface area contributed by atoms with Crippen LogP contribution in [0.1, 0.15) is 11.1 Å². The molecule has 0 N–H and O–H groups in total. The van der Waals surface area contributed by atoms with Crippen LogP contribution >= 0.6 is 0 Å². The molecule has 0 aliphatic rings. The molecule has 0 amide bonds. The molecule has 2 rings (SSSR count). The number of benzene rings is 2. The lowest BCUT2D eigenvalue weighted by atomic mass is 9.96. The van der Waals surface area contributed by atoms with Crippen LogP contribution < -0.4 is 0 Å². The van der Waals surface area contributed by atoms with Crippen LogP contribution in [-0.2, 0) is 6.18 Å². The molecule has 0 saturated heterocycles. The lowest BCUT2D eigenvalue weighted by Crippen LogP contribution is -2.05. The van der Waals surface area contributed by atoms with Gasteiger partial charge in [-0.25, -0.2) is 13.6 Å². The summed E-state index contributed by atoms with van der Waals surface area (Å²) in [5, 5.41) is 8.99. The van der Waals surface area contributed by atoms with Gasteiger partial charge in [0, 0.05) is 0 Å². The second kappa shape index (κ2) is 5.45. The summed E-state index contributed by atoms with van der Waals surface area (Å²) in [5.41, 5.74) is -1.93. The Bertz CT molecular complexity index is 826. The molecule has 22 heavy (non-hydrogen) atoms. The lowest BCUT2D eigenvalue weighted by molar-refractivity contribution is -0.137. The number of nitrogens with zero attached hydrogens (tertiary/aromatic N) is 2. The van der Waals surface area contributed by atoms with Gasteiger partial charge in [-0.3, -0.25) is 0 Å². The SMILES string of the molecule is [C-]#[N+]c1cc(F)c(F)cc1-c1ccc(C(F)(F)F)cc1C#N. The van der Waals surface area contributed by atoms with Gasteiger partial charge in [-0.2, -0.15) is 18.4 Å². The average molecular weight is 308 g/mol. The van der Waals surface area contributed by atoms with Crippen LogP contribution in [0.2, 0.25) is 0 Å². The molecule has 0 radical (unpaired) electrons. The minimum absolute atomic E-state index is 0.0691. The van der Waals surface area contributed by atoms with Crippen LogP contribution in [0.3, 0.4) is 0 Å². The third kappa shape index (κ3) is 2.75. The maximum absolute atomic E-state index is 13.3. The summed E-state index contributed by atoms with van der Waals surface area (Å²) < 4.78 is 64.4. The maximum atomic E-state index is 13.3. The molecule has 0 saturated carbocycles. The fourth-order valence-electron chi connectivity index (χ4n) is 1.89. The normalized spacial score (nSPS) is 10.9. The van der Waals surface area contributed by atoms with Crippen LogP contribution in [0.5, 0.6) is 0 Å². The Balaban J connectivity index is 2.72. The smallest absolute Gasteiger partial charge is 0.237 e. The van der Waals surface area contributed by atoms with E-state index in [9.17, 15) is 22.0 Å². The summed E-state index contributed by atoms with van der Waals surface area (Å²) in [6.45, 7) is 6.94. The molecular weight excluding hydrogens is 303 g/mol. The first-order valence-electron chi connectivity index (χ1n) is 5.76. The quantitative estimate of drug-likeness (QED) is 0.534. The second-order valence-electron chi connectivity index (χ2n) is 4.27. The summed E-state index contributed by atoms with van der Waals surface area (Å²) in [6.07, 6.45) is -4.64. The lowest BCUT2D eigenvalue weighted by Gasteiger charge is -2.11. The highest BCUT2D eigenvalue weighted by Gasteiger charge is 2.31. The third-order valence-electron chi connectivity index (χ3n) is 2.92. The molecule has 7 heteroatoms. The van der Waals surface area contributed by atoms with Gasteiger partial charge in [0.2, 0.25) is 0 Å². The number of hydrogen-bond acceptors (Lipinski definition) is 1. The molecular formula is C15H5F5N2. The number of halogens is 5. The van der Waals surface area contributed by atoms with Gasteiger partial charge in [-0.15, -0.1) is 0 Å². The molecule has 0 bridgehead atoms. The Hall–Kier alpha value is -2.93. The molecule has 110 valence electrons. The number of nitriles is 1. The molecule has 0 aromatic heterocycles. The minimum Gasteiger partial charge on any atom is -0.237 e. The molecule has 0 aliphatic heterocycles. The van der Waals surface area contributed by atoms with Crippen molar-refractivity contribution >= 4 is 5.69 Å². The Labute approximate surface area is 121 Å². The zero-order valence-corrected chi connectivity index (χ0v) is 10.7. The summed E-state index contributed by atoms with van der Waals surface area (Å²) in [7, 11) is 0. The highest BCUT2D eigenvalue weighted by atomic mass is 19.4. The molecule has 0 aliphatic carbocycles. The molecule has 0 spiro atoms. The fourth-order valence-corrected chi connectivity index (χ4v) is 1.89. The van der Waals surface area contributed by atoms with E-state index in [1.165, 1.54) is 0 Å². The van der Waals surface area contributed by atoms with Gasteiger partial charge >= 0.3 is 6.18 Å². The zero-order valence-electron chi connectivity index (χ0n) is 10.7. The number of rotatable bonds is 1. The predicted molar refractivity (Wildman–Crippen MR) is 67.8 cm³/mol. The van der Waals surface area contributed by atoms with Crippen molar-refractivity contribution in [1.82, 2.24) is 0 Å². The summed E-state index contributed by atoms with van der Waals surface area (Å²) >= 11 is 0. The zero-order chi connectivity index (χ0) is 16.5. The number of alkyl halides is 3. The maximum Gasteiger partial charge on any atom is 0.416 e. The van der Waals surface area contributed by atoms with Gasteiger partial charge in [-0.1, -0.05) is 6.07 Å². The van der Waals surface area contributed by atoms with E-state index >= 15 is 0 Å². The topological polar surface area (TPSA) is 28.1 Å². The first-order chi connectivity index (χ1) is 10.3. The monoisotopic (exact) mass is 308 g/mol. The Morgan fingerprint density at radius 2 is 1.64 bits per heavy atom. The Morgan fingerprint density at radius 3 is 2.18 bits per heavy atom. The van der Waals surface area contributed by atoms with Crippen molar-refractivity contribution in [2.24, 2.45) is 0 Å². The largest absolute Gasteiger partial charge is 0.416 e. The number of hydrogen-bond donors (Lipinski definition) is 0. The van der Waals surface area contributed by atoms with Crippen molar-refractivity contribution in [2.75, 3.05) is 0 Å². The first kappa shape index (κ1) is 15.5. The first-order valence-corrected chi connectivity index (χ1v) is 5.76. The van der Waals surface area contributed by atoms with E-state index in [1.54, 1.807) is 6.07 Å². The molecule has 0 unspecified atom stereocenters. The molecule has 2 aromatic rings. The van der Waals surface area contributed by atoms with Crippen molar-refractivity contribution in [3.63, 3.8) is 0 Å². The van der Waals surface area contributed by atoms with Gasteiger partial charge in [-0.05, 0) is 35.4 Å². The van der Waals surface area contributed by atoms with Gasteiger partial charge in [0.25, 0.3) is 0 Å². The molecule has 0 atom stereocenters. The van der Waals surface area contributed by atoms with E-state index < -0.39 is 23.4 Å². The van der Waals surface area contributed by atoms with Crippen LogP contribution in [0.4, 0.5) is 27.6 Å². The van der Waals surface area contributed by atoms with E-state index in [4.69, 9.17) is 11.8 Å². The molecule has 0 fully saturated rings. The second-order valence-corrected chi connectivity index (χ2v) is 4.27. The van der Waals surface area contributed by atoms with E-state index in [2.05, 4.69) is 4.85 Å². The average Bonchev–Trinajstić information content (AvgIpc) is 2.48. The predicted octanol–water partition coefficient (Wildman–Crippen LogP) is 5.07. The van der Waals surface area contributed by atoms with Gasteiger partial charge in [0.15, 0.2) is 11.5 Å². The minimum atomic E-state index is -4.64. The fraction of sp³-hybridized carbons (Fsp3) is 0.0667. The summed E-state index contributed by atoms with van der Waals surface area (Å²) in [6, 6.07) is 5.17. The van der Waals surface area contributed by atoms with E-state index in [0.29, 0.717) is 24.3 Å². The molecule has 0 heterocycles. The van der Waals surface area contributed by atoms with Gasteiger partial charge < -0.3 is 0 Å². The highest BCUT2D eigenvalue weighted by Crippen LogP contribution is 2.37. The van der Waals surface area contributed by atoms with E-state index in [-0.39, 0.29) is 22.4 Å². The van der Waals surface area contributed by atoms with Crippen molar-refractivity contribution in [3.05, 3.63) is 64.5 Å². The summed E-state index contributed by atoms with van der Waals surface area (Å²) in [4.78, 5) is 3.01. The summed E-state index contributed by atoms with van der Waals surface area (Å²) in [5.74, 6) is -2.51. The van der Waals surface area contributed by atoms with Crippen molar-refractivity contribution < 1.29 is 22.0 Å². The van der Waals surface area contributed by atoms with Crippen molar-refractivity contribution in [1.29, 1.82) is 5.26 Å². The van der Waals surface area contributed by atoms with Crippen LogP contribution in [0, 0.1) is 29.5 Å². The van der Waals surface area contributed by atoms with Crippen LogP contribution in [0.25, 0.3) is 16.0 Å². The highest BCUT2D eigenvalue weighted by molar-refractivity contribution is 5.82. The van der Waals surface area contributed by atoms with Gasteiger partial charge in [0.1, 0.15) is 5.82 Å². The van der Waals surface area contributed by atoms with Crippen LogP contribution in [-0.4, -0.2) is 0 Å². The molecule has 2 aromatic carbocycles.